The number of hydrogen-bond acceptors (Lipinski definition) is 4. The maximum Gasteiger partial charge on any atom is 0.165 e. The highest BCUT2D eigenvalue weighted by Crippen LogP contribution is 2.24. The molecule has 21 heavy (non-hydrogen) atoms. The van der Waals surface area contributed by atoms with Crippen molar-refractivity contribution in [2.24, 2.45) is 5.73 Å². The van der Waals surface area contributed by atoms with E-state index in [1.807, 2.05) is 6.07 Å². The van der Waals surface area contributed by atoms with Crippen molar-refractivity contribution in [2.75, 3.05) is 40.8 Å². The van der Waals surface area contributed by atoms with Crippen LogP contribution in [0, 0.1) is 5.82 Å². The van der Waals surface area contributed by atoms with Crippen molar-refractivity contribution < 1.29 is 9.13 Å². The number of likely N-dealkylation sites (N-methyl/N-ethyl adjacent to an activating group) is 1. The Morgan fingerprint density at radius 2 is 2.24 bits per heavy atom. The maximum atomic E-state index is 13.8. The Bertz CT molecular complexity index is 467. The Labute approximate surface area is 126 Å². The summed E-state index contributed by atoms with van der Waals surface area (Å²) in [6.45, 7) is 2.89. The molecule has 0 spiro atoms. The third-order valence-electron chi connectivity index (χ3n) is 4.11. The van der Waals surface area contributed by atoms with E-state index in [0.717, 1.165) is 25.2 Å². The van der Waals surface area contributed by atoms with Gasteiger partial charge in [0.1, 0.15) is 0 Å². The zero-order valence-corrected chi connectivity index (χ0v) is 13.2. The zero-order valence-electron chi connectivity index (χ0n) is 13.2. The fourth-order valence-electron chi connectivity index (χ4n) is 3.04. The molecule has 0 aliphatic carbocycles. The van der Waals surface area contributed by atoms with Gasteiger partial charge in [0.25, 0.3) is 0 Å². The number of nitrogens with two attached hydrogens (primary N) is 1. The van der Waals surface area contributed by atoms with Gasteiger partial charge in [-0.15, -0.1) is 0 Å². The first-order valence-corrected chi connectivity index (χ1v) is 7.49. The third-order valence-corrected chi connectivity index (χ3v) is 4.11. The number of benzene rings is 1. The molecule has 0 saturated carbocycles. The Kier molecular flexibility index (Phi) is 5.56. The molecule has 2 N–H and O–H groups in total. The minimum atomic E-state index is -0.350. The lowest BCUT2D eigenvalue weighted by Crippen LogP contribution is -2.41. The topological polar surface area (TPSA) is 41.7 Å². The third kappa shape index (κ3) is 4.15. The van der Waals surface area contributed by atoms with Gasteiger partial charge in [-0.25, -0.2) is 4.39 Å². The predicted octanol–water partition coefficient (Wildman–Crippen LogP) is 1.86. The van der Waals surface area contributed by atoms with Crippen LogP contribution < -0.4 is 10.5 Å². The van der Waals surface area contributed by atoms with Crippen LogP contribution in [0.25, 0.3) is 0 Å². The van der Waals surface area contributed by atoms with E-state index in [-0.39, 0.29) is 17.6 Å². The standard InChI is InChI=1S/C16H26FN3O/c1-19(2)10-13-5-4-8-20(13)11-15(18)12-6-7-16(21-3)14(17)9-12/h6-7,9,13,15H,4-5,8,10-11,18H2,1-3H3. The average molecular weight is 295 g/mol. The number of ether oxygens (including phenoxy) is 1. The van der Waals surface area contributed by atoms with E-state index in [1.165, 1.54) is 26.0 Å². The van der Waals surface area contributed by atoms with Crippen LogP contribution >= 0.6 is 0 Å². The second kappa shape index (κ2) is 7.20. The minimum absolute atomic E-state index is 0.173. The van der Waals surface area contributed by atoms with Gasteiger partial charge < -0.3 is 15.4 Å². The number of methoxy groups -OCH3 is 1. The smallest absolute Gasteiger partial charge is 0.165 e. The molecule has 0 aromatic heterocycles. The summed E-state index contributed by atoms with van der Waals surface area (Å²) in [5.74, 6) is -0.0886. The molecule has 1 fully saturated rings. The molecule has 2 unspecified atom stereocenters. The van der Waals surface area contributed by atoms with Crippen molar-refractivity contribution >= 4 is 0 Å². The number of hydrogen-bond donors (Lipinski definition) is 1. The van der Waals surface area contributed by atoms with Crippen molar-refractivity contribution in [3.05, 3.63) is 29.6 Å². The van der Waals surface area contributed by atoms with Crippen molar-refractivity contribution in [1.29, 1.82) is 0 Å². The monoisotopic (exact) mass is 295 g/mol. The molecule has 1 saturated heterocycles. The molecule has 1 aromatic carbocycles. The second-order valence-corrected chi connectivity index (χ2v) is 6.05. The lowest BCUT2D eigenvalue weighted by molar-refractivity contribution is 0.198. The quantitative estimate of drug-likeness (QED) is 0.870. The molecule has 4 nitrogen and oxygen atoms in total. The molecule has 0 radical (unpaired) electrons. The number of likely N-dealkylation sites (tertiary alicyclic amines) is 1. The van der Waals surface area contributed by atoms with E-state index in [1.54, 1.807) is 6.07 Å². The van der Waals surface area contributed by atoms with Crippen LogP contribution in [0.15, 0.2) is 18.2 Å². The normalized spacial score (nSPS) is 21.0. The van der Waals surface area contributed by atoms with Crippen LogP contribution in [0.1, 0.15) is 24.4 Å². The SMILES string of the molecule is COc1ccc(C(N)CN2CCCC2CN(C)C)cc1F. The van der Waals surface area contributed by atoms with Crippen LogP contribution in [0.3, 0.4) is 0 Å². The Hall–Kier alpha value is -1.17. The van der Waals surface area contributed by atoms with E-state index in [9.17, 15) is 4.39 Å². The predicted molar refractivity (Wildman–Crippen MR) is 83.0 cm³/mol. The van der Waals surface area contributed by atoms with Gasteiger partial charge >= 0.3 is 0 Å². The first-order chi connectivity index (χ1) is 10.0. The van der Waals surface area contributed by atoms with Crippen molar-refractivity contribution in [3.63, 3.8) is 0 Å². The summed E-state index contributed by atoms with van der Waals surface area (Å²) in [6, 6.07) is 5.36. The summed E-state index contributed by atoms with van der Waals surface area (Å²) in [5.41, 5.74) is 7.09. The molecule has 1 aliphatic rings. The highest BCUT2D eigenvalue weighted by atomic mass is 19.1. The Morgan fingerprint density at radius 3 is 2.86 bits per heavy atom. The van der Waals surface area contributed by atoms with Crippen LogP contribution in [-0.4, -0.2) is 56.7 Å². The van der Waals surface area contributed by atoms with Crippen molar-refractivity contribution in [3.8, 4) is 5.75 Å². The highest BCUT2D eigenvalue weighted by molar-refractivity contribution is 5.31. The molecule has 0 bridgehead atoms. The number of nitrogens with zero attached hydrogens (tertiary/aromatic N) is 2. The van der Waals surface area contributed by atoms with Gasteiger partial charge in [0, 0.05) is 25.2 Å². The molecule has 1 aromatic rings. The van der Waals surface area contributed by atoms with E-state index in [0.29, 0.717) is 6.04 Å². The highest BCUT2D eigenvalue weighted by Gasteiger charge is 2.26. The van der Waals surface area contributed by atoms with Crippen molar-refractivity contribution in [2.45, 2.75) is 24.9 Å². The van der Waals surface area contributed by atoms with Crippen LogP contribution in [-0.2, 0) is 0 Å². The van der Waals surface area contributed by atoms with E-state index >= 15 is 0 Å². The fraction of sp³-hybridized carbons (Fsp3) is 0.625. The van der Waals surface area contributed by atoms with Gasteiger partial charge in [-0.1, -0.05) is 6.07 Å². The molecule has 2 atom stereocenters. The molecule has 2 rings (SSSR count). The molecule has 1 heterocycles. The van der Waals surface area contributed by atoms with E-state index in [4.69, 9.17) is 10.5 Å². The Balaban J connectivity index is 2.00. The van der Waals surface area contributed by atoms with Gasteiger partial charge in [0.05, 0.1) is 7.11 Å². The van der Waals surface area contributed by atoms with Gasteiger partial charge in [-0.05, 0) is 51.2 Å². The molecule has 5 heteroatoms. The second-order valence-electron chi connectivity index (χ2n) is 6.05. The lowest BCUT2D eigenvalue weighted by Gasteiger charge is -2.29. The van der Waals surface area contributed by atoms with Gasteiger partial charge in [0.15, 0.2) is 11.6 Å². The zero-order chi connectivity index (χ0) is 15.4. The summed E-state index contributed by atoms with van der Waals surface area (Å²) >= 11 is 0. The molecular formula is C16H26FN3O. The Morgan fingerprint density at radius 1 is 1.48 bits per heavy atom. The summed E-state index contributed by atoms with van der Waals surface area (Å²) in [6.07, 6.45) is 2.42. The fourth-order valence-corrected chi connectivity index (χ4v) is 3.04. The van der Waals surface area contributed by atoms with Crippen LogP contribution in [0.4, 0.5) is 4.39 Å². The molecule has 0 amide bonds. The van der Waals surface area contributed by atoms with E-state index in [2.05, 4.69) is 23.9 Å². The molecular weight excluding hydrogens is 269 g/mol. The largest absolute Gasteiger partial charge is 0.494 e. The van der Waals surface area contributed by atoms with Crippen LogP contribution in [0.5, 0.6) is 5.75 Å². The van der Waals surface area contributed by atoms with Crippen molar-refractivity contribution in [1.82, 2.24) is 9.80 Å². The first-order valence-electron chi connectivity index (χ1n) is 7.49. The summed E-state index contributed by atoms with van der Waals surface area (Å²) in [4.78, 5) is 4.63. The minimum Gasteiger partial charge on any atom is -0.494 e. The van der Waals surface area contributed by atoms with Gasteiger partial charge in [0.2, 0.25) is 0 Å². The van der Waals surface area contributed by atoms with Crippen LogP contribution in [0.2, 0.25) is 0 Å². The molecule has 1 aliphatic heterocycles. The summed E-state index contributed by atoms with van der Waals surface area (Å²) in [5, 5.41) is 0. The maximum absolute atomic E-state index is 13.8. The van der Waals surface area contributed by atoms with E-state index < -0.39 is 0 Å². The van der Waals surface area contributed by atoms with Gasteiger partial charge in [-0.3, -0.25) is 4.90 Å². The summed E-state index contributed by atoms with van der Waals surface area (Å²) < 4.78 is 18.7. The lowest BCUT2D eigenvalue weighted by atomic mass is 10.1. The van der Waals surface area contributed by atoms with Gasteiger partial charge in [-0.2, -0.15) is 0 Å². The average Bonchev–Trinajstić information content (AvgIpc) is 2.85. The number of halogens is 1. The molecule has 118 valence electrons. The first kappa shape index (κ1) is 16.2. The number of rotatable bonds is 6. The summed E-state index contributed by atoms with van der Waals surface area (Å²) in [7, 11) is 5.65.